The molecule has 1 N–H and O–H groups in total. The number of carbonyl (C=O) groups excluding carboxylic acids is 2. The molecule has 1 fully saturated rings. The average molecular weight is 342 g/mol. The van der Waals surface area contributed by atoms with Gasteiger partial charge in [0.1, 0.15) is 5.57 Å². The molecule has 6 heteroatoms. The zero-order valence-corrected chi connectivity index (χ0v) is 14.0. The van der Waals surface area contributed by atoms with Crippen molar-refractivity contribution in [2.45, 2.75) is 0 Å². The van der Waals surface area contributed by atoms with E-state index in [1.165, 1.54) is 5.01 Å². The minimum Gasteiger partial charge on any atom is -0.378 e. The summed E-state index contributed by atoms with van der Waals surface area (Å²) in [5.74, 6) is -0.837. The largest absolute Gasteiger partial charge is 0.378 e. The average Bonchev–Trinajstić information content (AvgIpc) is 2.83. The van der Waals surface area contributed by atoms with E-state index >= 15 is 0 Å². The molecule has 0 aromatic heterocycles. The molecule has 122 valence electrons. The maximum absolute atomic E-state index is 12.5. The molecule has 1 aliphatic rings. The van der Waals surface area contributed by atoms with E-state index in [1.807, 2.05) is 43.3 Å². The van der Waals surface area contributed by atoms with Crippen molar-refractivity contribution >= 4 is 40.9 Å². The van der Waals surface area contributed by atoms with Gasteiger partial charge in [-0.3, -0.25) is 15.0 Å². The smallest absolute Gasteiger partial charge is 0.282 e. The van der Waals surface area contributed by atoms with Crippen LogP contribution in [0.5, 0.6) is 0 Å². The first-order chi connectivity index (χ1) is 11.5. The SMILES string of the molecule is CN(C)c1ccc(/C=C2/C(=O)NN(c3cccc(Cl)c3)C2=O)cc1. The van der Waals surface area contributed by atoms with Gasteiger partial charge in [-0.25, -0.2) is 5.01 Å². The van der Waals surface area contributed by atoms with Crippen LogP contribution in [0.1, 0.15) is 5.56 Å². The fourth-order valence-electron chi connectivity index (χ4n) is 2.39. The number of rotatable bonds is 3. The van der Waals surface area contributed by atoms with Gasteiger partial charge < -0.3 is 4.90 Å². The van der Waals surface area contributed by atoms with Crippen LogP contribution in [0.3, 0.4) is 0 Å². The van der Waals surface area contributed by atoms with Gasteiger partial charge in [-0.15, -0.1) is 0 Å². The molecule has 0 unspecified atom stereocenters. The van der Waals surface area contributed by atoms with Crippen molar-refractivity contribution in [3.05, 3.63) is 64.7 Å². The standard InChI is InChI=1S/C18H16ClN3O2/c1-21(2)14-8-6-12(7-9-14)10-16-17(23)20-22(18(16)24)15-5-3-4-13(19)11-15/h3-11H,1-2H3,(H,20,23)/b16-10-. The molecular weight excluding hydrogens is 326 g/mol. The molecule has 0 bridgehead atoms. The van der Waals surface area contributed by atoms with Gasteiger partial charge in [0.15, 0.2) is 0 Å². The van der Waals surface area contributed by atoms with E-state index in [-0.39, 0.29) is 5.57 Å². The second-order valence-electron chi connectivity index (χ2n) is 5.61. The van der Waals surface area contributed by atoms with E-state index in [2.05, 4.69) is 5.43 Å². The number of hydrogen-bond acceptors (Lipinski definition) is 3. The van der Waals surface area contributed by atoms with Crippen LogP contribution >= 0.6 is 11.6 Å². The minimum absolute atomic E-state index is 0.0904. The molecule has 1 aliphatic heterocycles. The number of nitrogens with one attached hydrogen (secondary N) is 1. The van der Waals surface area contributed by atoms with Gasteiger partial charge in [0.25, 0.3) is 11.8 Å². The summed E-state index contributed by atoms with van der Waals surface area (Å²) in [7, 11) is 3.90. The maximum Gasteiger partial charge on any atom is 0.282 e. The highest BCUT2D eigenvalue weighted by atomic mass is 35.5. The number of hydrazine groups is 1. The molecule has 1 heterocycles. The molecular formula is C18H16ClN3O2. The number of nitrogens with zero attached hydrogens (tertiary/aromatic N) is 2. The molecule has 3 rings (SSSR count). The van der Waals surface area contributed by atoms with Crippen LogP contribution in [-0.2, 0) is 9.59 Å². The third-order valence-corrected chi connectivity index (χ3v) is 3.91. The molecule has 0 saturated carbocycles. The summed E-state index contributed by atoms with van der Waals surface area (Å²) in [6.45, 7) is 0. The predicted molar refractivity (Wildman–Crippen MR) is 95.8 cm³/mol. The Morgan fingerprint density at radius 3 is 2.42 bits per heavy atom. The van der Waals surface area contributed by atoms with Crippen molar-refractivity contribution in [1.29, 1.82) is 0 Å². The van der Waals surface area contributed by atoms with Crippen LogP contribution in [0, 0.1) is 0 Å². The lowest BCUT2D eigenvalue weighted by atomic mass is 10.1. The Kier molecular flexibility index (Phi) is 4.27. The summed E-state index contributed by atoms with van der Waals surface area (Å²) in [5.41, 5.74) is 4.99. The first-order valence-electron chi connectivity index (χ1n) is 7.36. The highest BCUT2D eigenvalue weighted by Crippen LogP contribution is 2.24. The number of carbonyl (C=O) groups is 2. The van der Waals surface area contributed by atoms with Crippen LogP contribution in [0.15, 0.2) is 54.1 Å². The van der Waals surface area contributed by atoms with Crippen LogP contribution in [0.25, 0.3) is 6.08 Å². The number of anilines is 2. The zero-order chi connectivity index (χ0) is 17.3. The monoisotopic (exact) mass is 341 g/mol. The Bertz CT molecular complexity index is 828. The van der Waals surface area contributed by atoms with Crippen molar-refractivity contribution in [2.75, 3.05) is 24.0 Å². The Morgan fingerprint density at radius 1 is 1.08 bits per heavy atom. The lowest BCUT2D eigenvalue weighted by Gasteiger charge is -2.14. The second-order valence-corrected chi connectivity index (χ2v) is 6.04. The van der Waals surface area contributed by atoms with E-state index < -0.39 is 11.8 Å². The normalized spacial score (nSPS) is 15.8. The van der Waals surface area contributed by atoms with E-state index in [0.29, 0.717) is 10.7 Å². The van der Waals surface area contributed by atoms with Crippen molar-refractivity contribution < 1.29 is 9.59 Å². The second kappa shape index (κ2) is 6.37. The fourth-order valence-corrected chi connectivity index (χ4v) is 2.57. The highest BCUT2D eigenvalue weighted by molar-refractivity contribution is 6.33. The van der Waals surface area contributed by atoms with Gasteiger partial charge in [0.05, 0.1) is 5.69 Å². The number of amides is 2. The van der Waals surface area contributed by atoms with Crippen molar-refractivity contribution in [3.63, 3.8) is 0 Å². The lowest BCUT2D eigenvalue weighted by molar-refractivity contribution is -0.117. The van der Waals surface area contributed by atoms with E-state index in [0.717, 1.165) is 11.3 Å². The molecule has 1 saturated heterocycles. The first-order valence-corrected chi connectivity index (χ1v) is 7.73. The summed E-state index contributed by atoms with van der Waals surface area (Å²) in [5, 5.41) is 1.69. The Morgan fingerprint density at radius 2 is 1.79 bits per heavy atom. The van der Waals surface area contributed by atoms with Gasteiger partial charge in [0.2, 0.25) is 0 Å². The predicted octanol–water partition coefficient (Wildman–Crippen LogP) is 2.87. The van der Waals surface area contributed by atoms with Gasteiger partial charge >= 0.3 is 0 Å². The van der Waals surface area contributed by atoms with Crippen LogP contribution in [0.2, 0.25) is 5.02 Å². The molecule has 2 aromatic rings. The van der Waals surface area contributed by atoms with Gasteiger partial charge in [-0.1, -0.05) is 29.8 Å². The Balaban J connectivity index is 1.88. The molecule has 0 aliphatic carbocycles. The van der Waals surface area contributed by atoms with E-state index in [9.17, 15) is 9.59 Å². The summed E-state index contributed by atoms with van der Waals surface area (Å²) in [6, 6.07) is 14.3. The summed E-state index contributed by atoms with van der Waals surface area (Å²) in [4.78, 5) is 26.7. The van der Waals surface area contributed by atoms with Gasteiger partial charge in [-0.2, -0.15) is 0 Å². The van der Waals surface area contributed by atoms with Crippen LogP contribution < -0.4 is 15.3 Å². The first kappa shape index (κ1) is 16.1. The third-order valence-electron chi connectivity index (χ3n) is 3.68. The molecule has 2 aromatic carbocycles. The van der Waals surface area contributed by atoms with Crippen LogP contribution in [0.4, 0.5) is 11.4 Å². The zero-order valence-electron chi connectivity index (χ0n) is 13.3. The molecule has 0 atom stereocenters. The van der Waals surface area contributed by atoms with Crippen molar-refractivity contribution in [1.82, 2.24) is 5.43 Å². The Hall–Kier alpha value is -2.79. The van der Waals surface area contributed by atoms with E-state index in [4.69, 9.17) is 11.6 Å². The molecule has 2 amide bonds. The molecule has 0 radical (unpaired) electrons. The molecule has 24 heavy (non-hydrogen) atoms. The fraction of sp³-hybridized carbons (Fsp3) is 0.111. The maximum atomic E-state index is 12.5. The topological polar surface area (TPSA) is 52.7 Å². The number of benzene rings is 2. The number of halogens is 1. The van der Waals surface area contributed by atoms with Crippen molar-refractivity contribution in [2.24, 2.45) is 0 Å². The van der Waals surface area contributed by atoms with Crippen molar-refractivity contribution in [3.8, 4) is 0 Å². The summed E-state index contributed by atoms with van der Waals surface area (Å²) >= 11 is 5.94. The van der Waals surface area contributed by atoms with Gasteiger partial charge in [0, 0.05) is 24.8 Å². The quantitative estimate of drug-likeness (QED) is 0.690. The Labute approximate surface area is 145 Å². The minimum atomic E-state index is -0.434. The highest BCUT2D eigenvalue weighted by Gasteiger charge is 2.34. The van der Waals surface area contributed by atoms with Crippen LogP contribution in [-0.4, -0.2) is 25.9 Å². The van der Waals surface area contributed by atoms with Gasteiger partial charge in [-0.05, 0) is 42.0 Å². The summed E-state index contributed by atoms with van der Waals surface area (Å²) < 4.78 is 0. The summed E-state index contributed by atoms with van der Waals surface area (Å²) in [6.07, 6.45) is 1.58. The number of hydrogen-bond donors (Lipinski definition) is 1. The lowest BCUT2D eigenvalue weighted by Crippen LogP contribution is -2.35. The third kappa shape index (κ3) is 3.12. The molecule has 0 spiro atoms. The van der Waals surface area contributed by atoms with E-state index in [1.54, 1.807) is 30.3 Å². The molecule has 5 nitrogen and oxygen atoms in total.